The van der Waals surface area contributed by atoms with Crippen molar-refractivity contribution in [2.75, 3.05) is 13.7 Å². The van der Waals surface area contributed by atoms with Gasteiger partial charge in [-0.1, -0.05) is 18.2 Å². The van der Waals surface area contributed by atoms with Crippen LogP contribution >= 0.6 is 0 Å². The Hall–Kier alpha value is -2.66. The van der Waals surface area contributed by atoms with Crippen LogP contribution in [-0.2, 0) is 6.54 Å². The van der Waals surface area contributed by atoms with Crippen molar-refractivity contribution >= 4 is 0 Å². The molecular weight excluding hydrogens is 324 g/mol. The molecule has 0 amide bonds. The minimum absolute atomic E-state index is 0.362. The lowest BCUT2D eigenvalue weighted by molar-refractivity contribution is 0.244. The van der Waals surface area contributed by atoms with Crippen LogP contribution in [0.2, 0.25) is 0 Å². The number of ether oxygens (including phenoxy) is 1. The van der Waals surface area contributed by atoms with Gasteiger partial charge in [-0.15, -0.1) is 0 Å². The zero-order valence-electron chi connectivity index (χ0n) is 15.3. The van der Waals surface area contributed by atoms with E-state index >= 15 is 0 Å². The number of benzene rings is 1. The van der Waals surface area contributed by atoms with Gasteiger partial charge in [-0.3, -0.25) is 9.47 Å². The largest absolute Gasteiger partial charge is 0.497 e. The van der Waals surface area contributed by atoms with Crippen LogP contribution in [0.25, 0.3) is 5.82 Å². The molecule has 3 aromatic rings. The zero-order valence-corrected chi connectivity index (χ0v) is 15.3. The van der Waals surface area contributed by atoms with E-state index in [0.29, 0.717) is 6.04 Å². The fourth-order valence-electron chi connectivity index (χ4n) is 3.70. The third kappa shape index (κ3) is 3.35. The standard InChI is InChI=1S/C21H24N4O/c1-16-22-12-14-25(16)21-7-3-5-19(23-21)20-6-4-13-24(20)15-17-8-10-18(26-2)11-9-17/h3,5,7-12,14,20H,4,6,13,15H2,1-2H3/t20-/m0/s1. The van der Waals surface area contributed by atoms with E-state index in [-0.39, 0.29) is 0 Å². The van der Waals surface area contributed by atoms with Gasteiger partial charge in [0.1, 0.15) is 17.4 Å². The SMILES string of the molecule is COc1ccc(CN2CCC[C@H]2c2cccc(-n3ccnc3C)n2)cc1. The number of aromatic nitrogens is 3. The molecule has 1 fully saturated rings. The Morgan fingerprint density at radius 2 is 2.00 bits per heavy atom. The molecular formula is C21H24N4O. The summed E-state index contributed by atoms with van der Waals surface area (Å²) in [5, 5.41) is 0. The summed E-state index contributed by atoms with van der Waals surface area (Å²) < 4.78 is 7.29. The second-order valence-electron chi connectivity index (χ2n) is 6.74. The summed E-state index contributed by atoms with van der Waals surface area (Å²) >= 11 is 0. The summed E-state index contributed by atoms with van der Waals surface area (Å²) in [5.74, 6) is 2.79. The van der Waals surface area contributed by atoms with Crippen molar-refractivity contribution in [1.82, 2.24) is 19.4 Å². The van der Waals surface area contributed by atoms with E-state index in [0.717, 1.165) is 42.6 Å². The van der Waals surface area contributed by atoms with E-state index in [2.05, 4.69) is 34.1 Å². The van der Waals surface area contributed by atoms with E-state index in [1.54, 1.807) is 7.11 Å². The van der Waals surface area contributed by atoms with Gasteiger partial charge in [-0.2, -0.15) is 0 Å². The van der Waals surface area contributed by atoms with Gasteiger partial charge in [-0.25, -0.2) is 9.97 Å². The van der Waals surface area contributed by atoms with Crippen molar-refractivity contribution < 1.29 is 4.74 Å². The second-order valence-corrected chi connectivity index (χ2v) is 6.74. The molecule has 4 rings (SSSR count). The molecule has 134 valence electrons. The molecule has 2 aromatic heterocycles. The molecule has 1 atom stereocenters. The van der Waals surface area contributed by atoms with E-state index in [9.17, 15) is 0 Å². The molecule has 1 aliphatic heterocycles. The van der Waals surface area contributed by atoms with Crippen molar-refractivity contribution in [3.05, 3.63) is 71.9 Å². The lowest BCUT2D eigenvalue weighted by atomic mass is 10.1. The lowest BCUT2D eigenvalue weighted by Crippen LogP contribution is -2.23. The van der Waals surface area contributed by atoms with E-state index in [1.807, 2.05) is 42.1 Å². The van der Waals surface area contributed by atoms with Gasteiger partial charge in [0.15, 0.2) is 0 Å². The van der Waals surface area contributed by atoms with E-state index < -0.39 is 0 Å². The molecule has 5 nitrogen and oxygen atoms in total. The Bertz CT molecular complexity index is 872. The first kappa shape index (κ1) is 16.8. The molecule has 5 heteroatoms. The molecule has 0 N–H and O–H groups in total. The van der Waals surface area contributed by atoms with Crippen LogP contribution in [0.3, 0.4) is 0 Å². The van der Waals surface area contributed by atoms with Crippen molar-refractivity contribution in [3.63, 3.8) is 0 Å². The van der Waals surface area contributed by atoms with Crippen molar-refractivity contribution in [3.8, 4) is 11.6 Å². The Labute approximate surface area is 154 Å². The molecule has 3 heterocycles. The number of hydrogen-bond donors (Lipinski definition) is 0. The number of pyridine rings is 1. The third-order valence-electron chi connectivity index (χ3n) is 5.08. The predicted molar refractivity (Wildman–Crippen MR) is 101 cm³/mol. The minimum atomic E-state index is 0.362. The molecule has 0 aliphatic carbocycles. The molecule has 1 aliphatic rings. The Morgan fingerprint density at radius 1 is 1.15 bits per heavy atom. The average molecular weight is 348 g/mol. The number of hydrogen-bond acceptors (Lipinski definition) is 4. The second kappa shape index (κ2) is 7.30. The highest BCUT2D eigenvalue weighted by Gasteiger charge is 2.27. The first-order valence-corrected chi connectivity index (χ1v) is 9.09. The maximum atomic E-state index is 5.26. The Kier molecular flexibility index (Phi) is 4.71. The fourth-order valence-corrected chi connectivity index (χ4v) is 3.70. The summed E-state index contributed by atoms with van der Waals surface area (Å²) in [6.45, 7) is 4.04. The molecule has 0 unspecified atom stereocenters. The molecule has 0 saturated carbocycles. The van der Waals surface area contributed by atoms with Crippen LogP contribution in [0.5, 0.6) is 5.75 Å². The van der Waals surface area contributed by atoms with Gasteiger partial charge >= 0.3 is 0 Å². The molecule has 0 bridgehead atoms. The van der Waals surface area contributed by atoms with E-state index in [4.69, 9.17) is 9.72 Å². The Morgan fingerprint density at radius 3 is 2.73 bits per heavy atom. The number of imidazole rings is 1. The summed E-state index contributed by atoms with van der Waals surface area (Å²) in [4.78, 5) is 11.8. The average Bonchev–Trinajstić information content (AvgIpc) is 3.31. The van der Waals surface area contributed by atoms with Gasteiger partial charge in [0.05, 0.1) is 18.8 Å². The number of likely N-dealkylation sites (tertiary alicyclic amines) is 1. The summed E-state index contributed by atoms with van der Waals surface area (Å²) in [7, 11) is 1.70. The van der Waals surface area contributed by atoms with Gasteiger partial charge in [0, 0.05) is 18.9 Å². The number of rotatable bonds is 5. The molecule has 0 radical (unpaired) electrons. The normalized spacial score (nSPS) is 17.5. The van der Waals surface area contributed by atoms with Gasteiger partial charge < -0.3 is 4.74 Å². The molecule has 1 aromatic carbocycles. The summed E-state index contributed by atoms with van der Waals surface area (Å²) in [6, 6.07) is 15.0. The van der Waals surface area contributed by atoms with Crippen LogP contribution < -0.4 is 4.74 Å². The Balaban J connectivity index is 1.55. The van der Waals surface area contributed by atoms with Gasteiger partial charge in [0.25, 0.3) is 0 Å². The molecule has 0 spiro atoms. The van der Waals surface area contributed by atoms with Crippen LogP contribution in [0.1, 0.15) is 36.0 Å². The van der Waals surface area contributed by atoms with Crippen LogP contribution in [0, 0.1) is 6.92 Å². The maximum absolute atomic E-state index is 5.26. The van der Waals surface area contributed by atoms with Crippen molar-refractivity contribution in [2.45, 2.75) is 32.4 Å². The molecule has 26 heavy (non-hydrogen) atoms. The van der Waals surface area contributed by atoms with Crippen LogP contribution in [-0.4, -0.2) is 33.1 Å². The molecule has 1 saturated heterocycles. The minimum Gasteiger partial charge on any atom is -0.497 e. The van der Waals surface area contributed by atoms with Crippen LogP contribution in [0.4, 0.5) is 0 Å². The summed E-state index contributed by atoms with van der Waals surface area (Å²) in [5.41, 5.74) is 2.45. The summed E-state index contributed by atoms with van der Waals surface area (Å²) in [6.07, 6.45) is 6.13. The number of methoxy groups -OCH3 is 1. The van der Waals surface area contributed by atoms with E-state index in [1.165, 1.54) is 12.0 Å². The third-order valence-corrected chi connectivity index (χ3v) is 5.08. The first-order valence-electron chi connectivity index (χ1n) is 9.09. The highest BCUT2D eigenvalue weighted by Crippen LogP contribution is 2.32. The number of nitrogens with zero attached hydrogens (tertiary/aromatic N) is 4. The van der Waals surface area contributed by atoms with Gasteiger partial charge in [-0.05, 0) is 56.1 Å². The quantitative estimate of drug-likeness (QED) is 0.701. The maximum Gasteiger partial charge on any atom is 0.138 e. The topological polar surface area (TPSA) is 43.2 Å². The highest BCUT2D eigenvalue weighted by molar-refractivity contribution is 5.29. The monoisotopic (exact) mass is 348 g/mol. The van der Waals surface area contributed by atoms with Crippen LogP contribution in [0.15, 0.2) is 54.9 Å². The first-order chi connectivity index (χ1) is 12.7. The van der Waals surface area contributed by atoms with Gasteiger partial charge in [0.2, 0.25) is 0 Å². The highest BCUT2D eigenvalue weighted by atomic mass is 16.5. The van der Waals surface area contributed by atoms with Crippen molar-refractivity contribution in [2.24, 2.45) is 0 Å². The zero-order chi connectivity index (χ0) is 17.9. The predicted octanol–water partition coefficient (Wildman–Crippen LogP) is 3.92. The number of aryl methyl sites for hydroxylation is 1. The van der Waals surface area contributed by atoms with Crippen molar-refractivity contribution in [1.29, 1.82) is 0 Å². The smallest absolute Gasteiger partial charge is 0.138 e. The fraction of sp³-hybridized carbons (Fsp3) is 0.333. The lowest BCUT2D eigenvalue weighted by Gasteiger charge is -2.24.